The maximum Gasteiger partial charge on any atom is 0.328 e. The summed E-state index contributed by atoms with van der Waals surface area (Å²) in [6, 6.07) is 10.9. The maximum atomic E-state index is 11.8. The van der Waals surface area contributed by atoms with Gasteiger partial charge in [0.2, 0.25) is 0 Å². The van der Waals surface area contributed by atoms with Crippen LogP contribution in [0.1, 0.15) is 27.8 Å². The van der Waals surface area contributed by atoms with E-state index in [0.717, 1.165) is 5.56 Å². The van der Waals surface area contributed by atoms with Gasteiger partial charge in [-0.1, -0.05) is 53.1 Å². The number of urea groups is 1. The fourth-order valence-corrected chi connectivity index (χ4v) is 3.22. The molecule has 6 heteroatoms. The van der Waals surface area contributed by atoms with Crippen molar-refractivity contribution in [2.75, 3.05) is 0 Å². The Morgan fingerprint density at radius 2 is 1.54 bits per heavy atom. The molecule has 5 nitrogen and oxygen atoms in total. The summed E-state index contributed by atoms with van der Waals surface area (Å²) in [7, 11) is 0. The molecular formula is C20H17ClN2O3. The molecule has 4 amide bonds. The van der Waals surface area contributed by atoms with Crippen LogP contribution in [0.2, 0.25) is 5.02 Å². The Kier molecular flexibility index (Phi) is 4.91. The minimum atomic E-state index is -0.820. The molecule has 0 aromatic heterocycles. The van der Waals surface area contributed by atoms with E-state index in [4.69, 9.17) is 11.6 Å². The van der Waals surface area contributed by atoms with Gasteiger partial charge in [-0.3, -0.25) is 20.2 Å². The number of hydrogen-bond donors (Lipinski definition) is 2. The van der Waals surface area contributed by atoms with Gasteiger partial charge in [-0.2, -0.15) is 0 Å². The lowest BCUT2D eigenvalue weighted by Gasteiger charge is -2.14. The van der Waals surface area contributed by atoms with Gasteiger partial charge in [0.25, 0.3) is 11.8 Å². The first kappa shape index (κ1) is 17.9. The molecule has 26 heavy (non-hydrogen) atoms. The normalized spacial score (nSPS) is 14.1. The zero-order valence-corrected chi connectivity index (χ0v) is 15.1. The van der Waals surface area contributed by atoms with E-state index >= 15 is 0 Å². The zero-order valence-electron chi connectivity index (χ0n) is 14.4. The van der Waals surface area contributed by atoms with Crippen molar-refractivity contribution >= 4 is 35.5 Å². The van der Waals surface area contributed by atoms with Gasteiger partial charge >= 0.3 is 6.03 Å². The molecule has 1 heterocycles. The van der Waals surface area contributed by atoms with Crippen molar-refractivity contribution in [1.29, 1.82) is 0 Å². The largest absolute Gasteiger partial charge is 0.328 e. The van der Waals surface area contributed by atoms with Gasteiger partial charge in [0.15, 0.2) is 0 Å². The Bertz CT molecular complexity index is 921. The summed E-state index contributed by atoms with van der Waals surface area (Å²) in [4.78, 5) is 34.7. The second kappa shape index (κ2) is 7.14. The first-order valence-corrected chi connectivity index (χ1v) is 8.43. The molecule has 0 aliphatic carbocycles. The van der Waals surface area contributed by atoms with Crippen molar-refractivity contribution in [2.24, 2.45) is 0 Å². The monoisotopic (exact) mass is 368 g/mol. The number of hydrogen-bond acceptors (Lipinski definition) is 3. The lowest BCUT2D eigenvalue weighted by Crippen LogP contribution is -2.51. The number of rotatable bonds is 3. The number of imide groups is 2. The average molecular weight is 369 g/mol. The fourth-order valence-electron chi connectivity index (χ4n) is 2.96. The summed E-state index contributed by atoms with van der Waals surface area (Å²) in [6.07, 6.45) is 2.09. The molecule has 1 aliphatic rings. The van der Waals surface area contributed by atoms with Crippen molar-refractivity contribution < 1.29 is 14.4 Å². The highest BCUT2D eigenvalue weighted by atomic mass is 35.5. The van der Waals surface area contributed by atoms with Gasteiger partial charge in [-0.15, -0.1) is 0 Å². The molecule has 3 rings (SSSR count). The van der Waals surface area contributed by atoms with Crippen molar-refractivity contribution in [2.45, 2.75) is 20.3 Å². The van der Waals surface area contributed by atoms with Crippen molar-refractivity contribution in [3.63, 3.8) is 0 Å². The number of nitrogens with one attached hydrogen (secondary N) is 2. The Balaban J connectivity index is 1.85. The second-order valence-electron chi connectivity index (χ2n) is 6.32. The van der Waals surface area contributed by atoms with Crippen LogP contribution < -0.4 is 10.6 Å². The van der Waals surface area contributed by atoms with Crippen LogP contribution in [0.25, 0.3) is 6.08 Å². The van der Waals surface area contributed by atoms with E-state index in [2.05, 4.69) is 32.0 Å². The predicted molar refractivity (Wildman–Crippen MR) is 99.8 cm³/mol. The Labute approximate surface area is 156 Å². The van der Waals surface area contributed by atoms with Crippen molar-refractivity contribution in [3.05, 3.63) is 74.8 Å². The molecule has 0 atom stereocenters. The summed E-state index contributed by atoms with van der Waals surface area (Å²) in [6.45, 7) is 4.11. The number of amides is 4. The molecule has 1 aliphatic heterocycles. The highest BCUT2D eigenvalue weighted by molar-refractivity contribution is 6.32. The lowest BCUT2D eigenvalue weighted by molar-refractivity contribution is -0.123. The third-order valence-electron chi connectivity index (χ3n) is 4.01. The molecule has 0 bridgehead atoms. The van der Waals surface area contributed by atoms with Crippen molar-refractivity contribution in [1.82, 2.24) is 10.6 Å². The van der Waals surface area contributed by atoms with E-state index in [9.17, 15) is 14.4 Å². The third kappa shape index (κ3) is 4.00. The second-order valence-corrected chi connectivity index (χ2v) is 6.73. The standard InChI is InChI=1S/C20H17ClN2O3/c1-11-5-12(2)7-14(6-11)8-15-4-3-13(10-17(15)21)9-16-18(24)22-20(26)23-19(16)25/h3-7,9-10H,8H2,1-2H3,(H2,22,23,24,25,26). The van der Waals surface area contributed by atoms with Gasteiger partial charge in [0, 0.05) is 5.02 Å². The topological polar surface area (TPSA) is 75.3 Å². The maximum absolute atomic E-state index is 11.8. The number of aryl methyl sites for hydroxylation is 2. The SMILES string of the molecule is Cc1cc(C)cc(Cc2ccc(C=C3C(=O)NC(=O)NC3=O)cc2Cl)c1. The lowest BCUT2D eigenvalue weighted by atomic mass is 9.99. The summed E-state index contributed by atoms with van der Waals surface area (Å²) >= 11 is 6.39. The highest BCUT2D eigenvalue weighted by Crippen LogP contribution is 2.23. The molecule has 132 valence electrons. The van der Waals surface area contributed by atoms with E-state index < -0.39 is 17.8 Å². The Hall–Kier alpha value is -2.92. The fraction of sp³-hybridized carbons (Fsp3) is 0.150. The quantitative estimate of drug-likeness (QED) is 0.644. The van der Waals surface area contributed by atoms with Gasteiger partial charge in [0.1, 0.15) is 5.57 Å². The number of benzene rings is 2. The summed E-state index contributed by atoms with van der Waals surface area (Å²) in [5, 5.41) is 4.62. The molecule has 2 N–H and O–H groups in total. The predicted octanol–water partition coefficient (Wildman–Crippen LogP) is 3.30. The highest BCUT2D eigenvalue weighted by Gasteiger charge is 2.27. The first-order chi connectivity index (χ1) is 12.3. The van der Waals surface area contributed by atoms with E-state index in [-0.39, 0.29) is 5.57 Å². The minimum Gasteiger partial charge on any atom is -0.273 e. The van der Waals surface area contributed by atoms with Crippen LogP contribution in [0, 0.1) is 13.8 Å². The van der Waals surface area contributed by atoms with Crippen LogP contribution in [0.4, 0.5) is 4.79 Å². The van der Waals surface area contributed by atoms with Crippen LogP contribution in [-0.4, -0.2) is 17.8 Å². The molecule has 0 saturated carbocycles. The van der Waals surface area contributed by atoms with E-state index in [1.165, 1.54) is 22.8 Å². The molecule has 2 aromatic rings. The Morgan fingerprint density at radius 1 is 0.923 bits per heavy atom. The third-order valence-corrected chi connectivity index (χ3v) is 4.36. The van der Waals surface area contributed by atoms with Crippen LogP contribution in [0.5, 0.6) is 0 Å². The zero-order chi connectivity index (χ0) is 18.8. The molecule has 2 aromatic carbocycles. The first-order valence-electron chi connectivity index (χ1n) is 8.06. The summed E-state index contributed by atoms with van der Waals surface area (Å²) in [5.74, 6) is -1.46. The van der Waals surface area contributed by atoms with Gasteiger partial charge in [-0.25, -0.2) is 4.79 Å². The molecule has 0 spiro atoms. The number of carbonyl (C=O) groups excluding carboxylic acids is 3. The van der Waals surface area contributed by atoms with Gasteiger partial charge < -0.3 is 0 Å². The number of halogens is 1. The molecule has 1 fully saturated rings. The van der Waals surface area contributed by atoms with Crippen molar-refractivity contribution in [3.8, 4) is 0 Å². The van der Waals surface area contributed by atoms with Gasteiger partial charge in [-0.05, 0) is 49.1 Å². The van der Waals surface area contributed by atoms with E-state index in [1.807, 2.05) is 16.7 Å². The molecular weight excluding hydrogens is 352 g/mol. The molecule has 0 unspecified atom stereocenters. The molecule has 1 saturated heterocycles. The van der Waals surface area contributed by atoms with Crippen LogP contribution in [-0.2, 0) is 16.0 Å². The number of carbonyl (C=O) groups is 3. The van der Waals surface area contributed by atoms with E-state index in [1.54, 1.807) is 12.1 Å². The van der Waals surface area contributed by atoms with Crippen LogP contribution >= 0.6 is 11.6 Å². The minimum absolute atomic E-state index is 0.136. The van der Waals surface area contributed by atoms with Crippen LogP contribution in [0.3, 0.4) is 0 Å². The Morgan fingerprint density at radius 3 is 2.12 bits per heavy atom. The average Bonchev–Trinajstić information content (AvgIpc) is 2.52. The van der Waals surface area contributed by atoms with Crippen LogP contribution in [0.15, 0.2) is 42.0 Å². The summed E-state index contributed by atoms with van der Waals surface area (Å²) < 4.78 is 0. The van der Waals surface area contributed by atoms with E-state index in [0.29, 0.717) is 17.0 Å². The van der Waals surface area contributed by atoms with Gasteiger partial charge in [0.05, 0.1) is 0 Å². The molecule has 0 radical (unpaired) electrons. The number of barbiturate groups is 1. The smallest absolute Gasteiger partial charge is 0.273 e. The summed E-state index contributed by atoms with van der Waals surface area (Å²) in [5.41, 5.74) is 4.98.